The van der Waals surface area contributed by atoms with Crippen LogP contribution in [-0.2, 0) is 0 Å². The molecule has 0 heterocycles. The molecular weight excluding hydrogens is 297 g/mol. The average Bonchev–Trinajstić information content (AvgIpc) is 2.30. The Balaban J connectivity index is 2.65. The van der Waals surface area contributed by atoms with Crippen molar-refractivity contribution in [3.8, 4) is 0 Å². The highest BCUT2D eigenvalue weighted by molar-refractivity contribution is 9.10. The molecule has 4 heteroatoms. The molecule has 2 N–H and O–H groups in total. The monoisotopic (exact) mass is 315 g/mol. The minimum atomic E-state index is -0.456. The lowest BCUT2D eigenvalue weighted by atomic mass is 9.93. The van der Waals surface area contributed by atoms with Crippen molar-refractivity contribution < 1.29 is 9.18 Å². The Bertz CT molecular complexity index is 420. The van der Waals surface area contributed by atoms with Crippen molar-refractivity contribution in [2.45, 2.75) is 39.2 Å². The summed E-state index contributed by atoms with van der Waals surface area (Å²) in [6, 6.07) is 4.59. The second-order valence-corrected chi connectivity index (χ2v) is 5.71. The maximum absolute atomic E-state index is 13.6. The van der Waals surface area contributed by atoms with Crippen LogP contribution in [0.4, 0.5) is 4.39 Å². The van der Waals surface area contributed by atoms with E-state index in [2.05, 4.69) is 15.9 Å². The van der Waals surface area contributed by atoms with Crippen LogP contribution in [0.3, 0.4) is 0 Å². The second kappa shape index (κ2) is 7.00. The lowest BCUT2D eigenvalue weighted by molar-refractivity contribution is 0.0918. The van der Waals surface area contributed by atoms with E-state index in [1.165, 1.54) is 6.07 Å². The first-order valence-corrected chi connectivity index (χ1v) is 6.96. The van der Waals surface area contributed by atoms with Gasteiger partial charge in [0, 0.05) is 16.4 Å². The van der Waals surface area contributed by atoms with E-state index in [0.717, 1.165) is 23.7 Å². The van der Waals surface area contributed by atoms with Gasteiger partial charge in [-0.1, -0.05) is 29.3 Å². The molecule has 2 atom stereocenters. The smallest absolute Gasteiger partial charge is 0.168 e. The van der Waals surface area contributed by atoms with E-state index in [1.807, 2.05) is 13.8 Å². The number of rotatable bonds is 6. The average molecular weight is 316 g/mol. The Hall–Kier alpha value is -0.740. The third-order valence-electron chi connectivity index (χ3n) is 2.94. The van der Waals surface area contributed by atoms with E-state index in [9.17, 15) is 9.18 Å². The van der Waals surface area contributed by atoms with Crippen molar-refractivity contribution in [2.24, 2.45) is 11.7 Å². The van der Waals surface area contributed by atoms with E-state index in [-0.39, 0.29) is 23.3 Å². The number of ketones is 1. The molecule has 18 heavy (non-hydrogen) atoms. The van der Waals surface area contributed by atoms with Crippen molar-refractivity contribution in [3.63, 3.8) is 0 Å². The molecule has 0 saturated heterocycles. The largest absolute Gasteiger partial charge is 0.328 e. The summed E-state index contributed by atoms with van der Waals surface area (Å²) in [5.74, 6) is -0.770. The molecule has 0 aromatic heterocycles. The summed E-state index contributed by atoms with van der Waals surface area (Å²) < 4.78 is 14.3. The van der Waals surface area contributed by atoms with E-state index in [1.54, 1.807) is 12.1 Å². The number of benzene rings is 1. The highest BCUT2D eigenvalue weighted by atomic mass is 79.9. The molecule has 2 unspecified atom stereocenters. The molecule has 0 amide bonds. The van der Waals surface area contributed by atoms with Gasteiger partial charge in [-0.15, -0.1) is 0 Å². The van der Waals surface area contributed by atoms with E-state index < -0.39 is 5.82 Å². The summed E-state index contributed by atoms with van der Waals surface area (Å²) in [7, 11) is 0. The minimum Gasteiger partial charge on any atom is -0.328 e. The Morgan fingerprint density at radius 1 is 1.39 bits per heavy atom. The normalized spacial score (nSPS) is 14.3. The summed E-state index contributed by atoms with van der Waals surface area (Å²) in [5, 5.41) is 0. The Kier molecular flexibility index (Phi) is 5.96. The number of hydrogen-bond donors (Lipinski definition) is 1. The highest BCUT2D eigenvalue weighted by Crippen LogP contribution is 2.21. The van der Waals surface area contributed by atoms with Gasteiger partial charge in [0.1, 0.15) is 5.82 Å². The summed E-state index contributed by atoms with van der Waals surface area (Å²) in [5.41, 5.74) is 5.82. The summed E-state index contributed by atoms with van der Waals surface area (Å²) >= 11 is 3.25. The van der Waals surface area contributed by atoms with Crippen LogP contribution in [0.25, 0.3) is 0 Å². The number of halogens is 2. The fourth-order valence-corrected chi connectivity index (χ4v) is 2.19. The number of Topliss-reactive ketones (excluding diaryl/α,β-unsaturated/α-hetero) is 1. The molecule has 100 valence electrons. The Morgan fingerprint density at radius 2 is 2.06 bits per heavy atom. The van der Waals surface area contributed by atoms with Gasteiger partial charge in [-0.3, -0.25) is 4.79 Å². The maximum Gasteiger partial charge on any atom is 0.168 e. The van der Waals surface area contributed by atoms with Gasteiger partial charge in [0.15, 0.2) is 5.78 Å². The fourth-order valence-electron chi connectivity index (χ4n) is 1.83. The molecule has 0 aliphatic carbocycles. The molecule has 0 bridgehead atoms. The van der Waals surface area contributed by atoms with Crippen LogP contribution in [0, 0.1) is 11.7 Å². The Labute approximate surface area is 116 Å². The number of nitrogens with two attached hydrogens (primary N) is 1. The van der Waals surface area contributed by atoms with Gasteiger partial charge in [-0.05, 0) is 38.0 Å². The first-order chi connectivity index (χ1) is 8.41. The standard InChI is InChI=1S/C14H19BrFNO/c1-9(4-3-5-10(2)17)14(18)12-8-11(15)6-7-13(12)16/h6-10H,3-5,17H2,1-2H3. The highest BCUT2D eigenvalue weighted by Gasteiger charge is 2.18. The predicted octanol–water partition coefficient (Wildman–Crippen LogP) is 3.92. The third-order valence-corrected chi connectivity index (χ3v) is 3.43. The molecule has 1 aromatic rings. The third kappa shape index (κ3) is 4.50. The van der Waals surface area contributed by atoms with Gasteiger partial charge in [0.25, 0.3) is 0 Å². The van der Waals surface area contributed by atoms with Crippen LogP contribution < -0.4 is 5.73 Å². The van der Waals surface area contributed by atoms with Crippen LogP contribution >= 0.6 is 15.9 Å². The zero-order valence-electron chi connectivity index (χ0n) is 10.7. The SMILES string of the molecule is CC(N)CCCC(C)C(=O)c1cc(Br)ccc1F. The fraction of sp³-hybridized carbons (Fsp3) is 0.500. The van der Waals surface area contributed by atoms with Gasteiger partial charge in [-0.2, -0.15) is 0 Å². The van der Waals surface area contributed by atoms with E-state index in [4.69, 9.17) is 5.73 Å². The van der Waals surface area contributed by atoms with Crippen molar-refractivity contribution >= 4 is 21.7 Å². The van der Waals surface area contributed by atoms with Crippen molar-refractivity contribution in [3.05, 3.63) is 34.1 Å². The van der Waals surface area contributed by atoms with Crippen LogP contribution in [0.1, 0.15) is 43.5 Å². The van der Waals surface area contributed by atoms with Crippen LogP contribution in [-0.4, -0.2) is 11.8 Å². The van der Waals surface area contributed by atoms with Crippen molar-refractivity contribution in [1.29, 1.82) is 0 Å². The lowest BCUT2D eigenvalue weighted by Crippen LogP contribution is -2.17. The molecule has 0 radical (unpaired) electrons. The molecule has 0 aliphatic heterocycles. The molecule has 1 aromatic carbocycles. The number of carbonyl (C=O) groups is 1. The molecule has 0 aliphatic rings. The Morgan fingerprint density at radius 3 is 2.67 bits per heavy atom. The first kappa shape index (κ1) is 15.3. The quantitative estimate of drug-likeness (QED) is 0.808. The lowest BCUT2D eigenvalue weighted by Gasteiger charge is -2.12. The zero-order valence-corrected chi connectivity index (χ0v) is 12.3. The maximum atomic E-state index is 13.6. The second-order valence-electron chi connectivity index (χ2n) is 4.80. The number of carbonyl (C=O) groups excluding carboxylic acids is 1. The summed E-state index contributed by atoms with van der Waals surface area (Å²) in [6.07, 6.45) is 2.52. The molecule has 0 fully saturated rings. The van der Waals surface area contributed by atoms with Gasteiger partial charge in [0.05, 0.1) is 5.56 Å². The van der Waals surface area contributed by atoms with E-state index in [0.29, 0.717) is 0 Å². The molecule has 1 rings (SSSR count). The zero-order chi connectivity index (χ0) is 13.7. The molecule has 0 saturated carbocycles. The number of hydrogen-bond acceptors (Lipinski definition) is 2. The predicted molar refractivity (Wildman–Crippen MR) is 75.1 cm³/mol. The minimum absolute atomic E-state index is 0.140. The van der Waals surface area contributed by atoms with Crippen molar-refractivity contribution in [2.75, 3.05) is 0 Å². The van der Waals surface area contributed by atoms with Gasteiger partial charge in [0.2, 0.25) is 0 Å². The van der Waals surface area contributed by atoms with Crippen LogP contribution in [0.5, 0.6) is 0 Å². The van der Waals surface area contributed by atoms with Gasteiger partial charge < -0.3 is 5.73 Å². The van der Waals surface area contributed by atoms with Gasteiger partial charge in [-0.25, -0.2) is 4.39 Å². The molecular formula is C14H19BrFNO. The van der Waals surface area contributed by atoms with Crippen LogP contribution in [0.2, 0.25) is 0 Å². The van der Waals surface area contributed by atoms with Crippen LogP contribution in [0.15, 0.2) is 22.7 Å². The molecule has 0 spiro atoms. The van der Waals surface area contributed by atoms with Crippen molar-refractivity contribution in [1.82, 2.24) is 0 Å². The van der Waals surface area contributed by atoms with Gasteiger partial charge >= 0.3 is 0 Å². The van der Waals surface area contributed by atoms with E-state index >= 15 is 0 Å². The summed E-state index contributed by atoms with van der Waals surface area (Å²) in [4.78, 5) is 12.1. The molecule has 2 nitrogen and oxygen atoms in total. The first-order valence-electron chi connectivity index (χ1n) is 6.16. The summed E-state index contributed by atoms with van der Waals surface area (Å²) in [6.45, 7) is 3.78. The topological polar surface area (TPSA) is 43.1 Å².